The molecule has 0 bridgehead atoms. The zero-order valence-electron chi connectivity index (χ0n) is 13.1. The van der Waals surface area contributed by atoms with Crippen LogP contribution in [-0.2, 0) is 10.0 Å². The van der Waals surface area contributed by atoms with E-state index in [0.29, 0.717) is 23.4 Å². The molecule has 6 nitrogen and oxygen atoms in total. The van der Waals surface area contributed by atoms with Gasteiger partial charge >= 0.3 is 0 Å². The minimum absolute atomic E-state index is 0.0955. The summed E-state index contributed by atoms with van der Waals surface area (Å²) in [6.07, 6.45) is 0. The van der Waals surface area contributed by atoms with Crippen molar-refractivity contribution >= 4 is 21.1 Å². The fraction of sp³-hybridized carbons (Fsp3) is 0.250. The van der Waals surface area contributed by atoms with E-state index in [4.69, 9.17) is 4.74 Å². The molecule has 2 aromatic carbocycles. The van der Waals surface area contributed by atoms with Crippen molar-refractivity contribution in [2.24, 2.45) is 0 Å². The fourth-order valence-corrected chi connectivity index (χ4v) is 3.78. The van der Waals surface area contributed by atoms with Crippen LogP contribution in [0.4, 0.5) is 0 Å². The van der Waals surface area contributed by atoms with E-state index in [1.165, 1.54) is 0 Å². The van der Waals surface area contributed by atoms with Crippen molar-refractivity contribution in [1.82, 2.24) is 14.4 Å². The first kappa shape index (κ1) is 15.5. The third-order valence-corrected chi connectivity index (χ3v) is 5.29. The van der Waals surface area contributed by atoms with Crippen LogP contribution in [0.1, 0.15) is 18.1 Å². The van der Waals surface area contributed by atoms with Crippen molar-refractivity contribution in [2.75, 3.05) is 6.61 Å². The number of ether oxygens (including phenoxy) is 1. The third-order valence-electron chi connectivity index (χ3n) is 3.69. The van der Waals surface area contributed by atoms with Gasteiger partial charge in [-0.2, -0.15) is 8.42 Å². The molecule has 0 aliphatic rings. The molecule has 0 spiro atoms. The van der Waals surface area contributed by atoms with Gasteiger partial charge in [-0.15, -0.1) is 9.19 Å². The first-order valence-corrected chi connectivity index (χ1v) is 8.69. The number of hydrogen-bond donors (Lipinski definition) is 0. The topological polar surface area (TPSA) is 74.1 Å². The average Bonchev–Trinajstić information content (AvgIpc) is 2.95. The second-order valence-corrected chi connectivity index (χ2v) is 6.98. The number of aromatic nitrogens is 3. The van der Waals surface area contributed by atoms with Gasteiger partial charge < -0.3 is 4.74 Å². The summed E-state index contributed by atoms with van der Waals surface area (Å²) in [5.74, 6) is 0.329. The largest absolute Gasteiger partial charge is 0.492 e. The van der Waals surface area contributed by atoms with Gasteiger partial charge in [0.15, 0.2) is 0 Å². The van der Waals surface area contributed by atoms with E-state index in [0.717, 1.165) is 15.2 Å². The molecular weight excluding hydrogens is 314 g/mol. The van der Waals surface area contributed by atoms with Gasteiger partial charge in [-0.3, -0.25) is 0 Å². The number of nitrogens with zero attached hydrogens (tertiary/aromatic N) is 3. The highest BCUT2D eigenvalue weighted by Crippen LogP contribution is 2.30. The van der Waals surface area contributed by atoms with Crippen molar-refractivity contribution in [1.29, 1.82) is 0 Å². The lowest BCUT2D eigenvalue weighted by atomic mass is 10.1. The molecule has 23 heavy (non-hydrogen) atoms. The highest BCUT2D eigenvalue weighted by Gasteiger charge is 2.26. The molecule has 0 unspecified atom stereocenters. The lowest BCUT2D eigenvalue weighted by molar-refractivity contribution is 0.330. The SMILES string of the molecule is CCOc1cc(C)c(C)cc1S(=O)(=O)n1nnc2ccccc21. The Morgan fingerprint density at radius 1 is 1.13 bits per heavy atom. The van der Waals surface area contributed by atoms with Crippen LogP contribution in [0.3, 0.4) is 0 Å². The highest BCUT2D eigenvalue weighted by molar-refractivity contribution is 7.90. The number of rotatable bonds is 4. The molecule has 0 atom stereocenters. The monoisotopic (exact) mass is 331 g/mol. The normalized spacial score (nSPS) is 11.8. The van der Waals surface area contributed by atoms with Crippen LogP contribution < -0.4 is 4.74 Å². The predicted molar refractivity (Wildman–Crippen MR) is 87.2 cm³/mol. The minimum atomic E-state index is -3.90. The Kier molecular flexibility index (Phi) is 3.81. The van der Waals surface area contributed by atoms with E-state index >= 15 is 0 Å². The Balaban J connectivity index is 2.26. The first-order chi connectivity index (χ1) is 10.9. The van der Waals surface area contributed by atoms with Crippen LogP contribution in [0.2, 0.25) is 0 Å². The summed E-state index contributed by atoms with van der Waals surface area (Å²) in [6, 6.07) is 10.3. The molecule has 1 aromatic heterocycles. The molecule has 0 amide bonds. The molecule has 1 heterocycles. The smallest absolute Gasteiger partial charge is 0.288 e. The van der Waals surface area contributed by atoms with Crippen molar-refractivity contribution in [3.63, 3.8) is 0 Å². The zero-order valence-corrected chi connectivity index (χ0v) is 14.0. The Morgan fingerprint density at radius 3 is 2.57 bits per heavy atom. The summed E-state index contributed by atoms with van der Waals surface area (Å²) in [5, 5.41) is 7.74. The number of benzene rings is 2. The molecule has 0 aliphatic heterocycles. The molecule has 3 aromatic rings. The highest BCUT2D eigenvalue weighted by atomic mass is 32.2. The summed E-state index contributed by atoms with van der Waals surface area (Å²) in [5.41, 5.74) is 2.80. The van der Waals surface area contributed by atoms with E-state index in [-0.39, 0.29) is 4.90 Å². The number of hydrogen-bond acceptors (Lipinski definition) is 5. The molecule has 0 saturated carbocycles. The van der Waals surface area contributed by atoms with Gasteiger partial charge in [-0.1, -0.05) is 17.3 Å². The first-order valence-electron chi connectivity index (χ1n) is 7.25. The molecule has 0 radical (unpaired) electrons. The van der Waals surface area contributed by atoms with Crippen LogP contribution in [0.5, 0.6) is 5.75 Å². The Hall–Kier alpha value is -2.41. The standard InChI is InChI=1S/C16H17N3O3S/c1-4-22-15-9-11(2)12(3)10-16(15)23(20,21)19-14-8-6-5-7-13(14)17-18-19/h5-10H,4H2,1-3H3. The van der Waals surface area contributed by atoms with E-state index in [9.17, 15) is 8.42 Å². The summed E-state index contributed by atoms with van der Waals surface area (Å²) >= 11 is 0. The predicted octanol–water partition coefficient (Wildman–Crippen LogP) is 2.68. The summed E-state index contributed by atoms with van der Waals surface area (Å²) < 4.78 is 32.6. The molecule has 3 rings (SSSR count). The van der Waals surface area contributed by atoms with Gasteiger partial charge in [0.05, 0.1) is 6.61 Å². The van der Waals surface area contributed by atoms with Crippen LogP contribution in [-0.4, -0.2) is 29.4 Å². The van der Waals surface area contributed by atoms with Gasteiger partial charge in [0.2, 0.25) is 0 Å². The molecular formula is C16H17N3O3S. The molecule has 0 fully saturated rings. The van der Waals surface area contributed by atoms with Gasteiger partial charge in [-0.05, 0) is 56.2 Å². The number of aryl methyl sites for hydroxylation is 2. The number of para-hydroxylation sites is 1. The van der Waals surface area contributed by atoms with Crippen LogP contribution in [0.25, 0.3) is 11.0 Å². The second-order valence-electron chi connectivity index (χ2n) is 5.24. The Morgan fingerprint density at radius 2 is 1.83 bits per heavy atom. The van der Waals surface area contributed by atoms with Crippen molar-refractivity contribution < 1.29 is 13.2 Å². The van der Waals surface area contributed by atoms with Gasteiger partial charge in [0.25, 0.3) is 10.0 Å². The fourth-order valence-electron chi connectivity index (χ4n) is 2.35. The summed E-state index contributed by atoms with van der Waals surface area (Å²) in [4.78, 5) is 0.0955. The Bertz CT molecular complexity index is 977. The maximum atomic E-state index is 13.0. The second kappa shape index (κ2) is 5.66. The number of fused-ring (bicyclic) bond motifs is 1. The van der Waals surface area contributed by atoms with Crippen LogP contribution >= 0.6 is 0 Å². The molecule has 0 saturated heterocycles. The van der Waals surface area contributed by atoms with Crippen LogP contribution in [0, 0.1) is 13.8 Å². The average molecular weight is 331 g/mol. The molecule has 7 heteroatoms. The quantitative estimate of drug-likeness (QED) is 0.735. The maximum absolute atomic E-state index is 13.0. The van der Waals surface area contributed by atoms with Gasteiger partial charge in [0, 0.05) is 0 Å². The minimum Gasteiger partial charge on any atom is -0.492 e. The summed E-state index contributed by atoms with van der Waals surface area (Å²) in [6.45, 7) is 5.97. The van der Waals surface area contributed by atoms with Crippen molar-refractivity contribution in [3.05, 3.63) is 47.5 Å². The zero-order chi connectivity index (χ0) is 16.6. The molecule has 0 aliphatic carbocycles. The van der Waals surface area contributed by atoms with E-state index in [2.05, 4.69) is 10.3 Å². The lowest BCUT2D eigenvalue weighted by Gasteiger charge is -2.13. The van der Waals surface area contributed by atoms with E-state index in [1.54, 1.807) is 36.4 Å². The molecule has 0 N–H and O–H groups in total. The third kappa shape index (κ3) is 2.57. The van der Waals surface area contributed by atoms with Crippen molar-refractivity contribution in [2.45, 2.75) is 25.7 Å². The molecule has 120 valence electrons. The van der Waals surface area contributed by atoms with E-state index < -0.39 is 10.0 Å². The Labute approximate surface area is 134 Å². The van der Waals surface area contributed by atoms with E-state index in [1.807, 2.05) is 20.8 Å². The van der Waals surface area contributed by atoms with Gasteiger partial charge in [0.1, 0.15) is 21.7 Å². The van der Waals surface area contributed by atoms with Crippen molar-refractivity contribution in [3.8, 4) is 5.75 Å². The van der Waals surface area contributed by atoms with Gasteiger partial charge in [-0.25, -0.2) is 0 Å². The summed E-state index contributed by atoms with van der Waals surface area (Å²) in [7, 11) is -3.90. The lowest BCUT2D eigenvalue weighted by Crippen LogP contribution is -2.16. The van der Waals surface area contributed by atoms with Crippen LogP contribution in [0.15, 0.2) is 41.3 Å². The maximum Gasteiger partial charge on any atom is 0.288 e.